The van der Waals surface area contributed by atoms with Crippen molar-refractivity contribution in [3.05, 3.63) is 29.8 Å². The van der Waals surface area contributed by atoms with Gasteiger partial charge in [-0.1, -0.05) is 32.0 Å². The quantitative estimate of drug-likeness (QED) is 0.722. The van der Waals surface area contributed by atoms with Crippen LogP contribution in [-0.4, -0.2) is 11.1 Å². The number of nitrogens with two attached hydrogens (primary N) is 1. The van der Waals surface area contributed by atoms with Crippen LogP contribution in [0.15, 0.2) is 24.3 Å². The van der Waals surface area contributed by atoms with Gasteiger partial charge in [0.2, 0.25) is 0 Å². The summed E-state index contributed by atoms with van der Waals surface area (Å²) in [6.07, 6.45) is 0. The van der Waals surface area contributed by atoms with E-state index in [1.165, 1.54) is 0 Å². The maximum atomic E-state index is 11.0. The van der Waals surface area contributed by atoms with Crippen molar-refractivity contribution in [2.75, 3.05) is 5.73 Å². The molecule has 0 heterocycles. The number of hydrogen-bond acceptors (Lipinski definition) is 2. The summed E-state index contributed by atoms with van der Waals surface area (Å²) in [4.78, 5) is 11.0. The highest BCUT2D eigenvalue weighted by molar-refractivity contribution is 5.78. The van der Waals surface area contributed by atoms with Crippen LogP contribution in [0.1, 0.15) is 25.3 Å². The van der Waals surface area contributed by atoms with Gasteiger partial charge in [0, 0.05) is 5.69 Å². The van der Waals surface area contributed by atoms with Crippen LogP contribution in [-0.2, 0) is 4.79 Å². The second-order valence-corrected chi connectivity index (χ2v) is 3.69. The molecule has 0 saturated heterocycles. The first-order valence-electron chi connectivity index (χ1n) is 4.61. The van der Waals surface area contributed by atoms with Crippen LogP contribution in [0.3, 0.4) is 0 Å². The van der Waals surface area contributed by atoms with Crippen LogP contribution in [0.2, 0.25) is 0 Å². The van der Waals surface area contributed by atoms with E-state index in [1.807, 2.05) is 19.9 Å². The van der Waals surface area contributed by atoms with E-state index in [4.69, 9.17) is 10.8 Å². The monoisotopic (exact) mass is 193 g/mol. The predicted molar refractivity (Wildman–Crippen MR) is 56.1 cm³/mol. The highest BCUT2D eigenvalue weighted by Gasteiger charge is 2.24. The average Bonchev–Trinajstić information content (AvgIpc) is 2.07. The van der Waals surface area contributed by atoms with Gasteiger partial charge in [-0.05, 0) is 17.5 Å². The first-order valence-corrected chi connectivity index (χ1v) is 4.61. The standard InChI is InChI=1S/C11H15NO2/c1-7(2)10(11(13)14)8-5-3-4-6-9(8)12/h3-7,10H,12H2,1-2H3,(H,13,14). The molecule has 0 aliphatic heterocycles. The Morgan fingerprint density at radius 1 is 1.36 bits per heavy atom. The highest BCUT2D eigenvalue weighted by atomic mass is 16.4. The number of carboxylic acid groups (broad SMARTS) is 1. The minimum atomic E-state index is -0.821. The molecule has 1 unspecified atom stereocenters. The van der Waals surface area contributed by atoms with Crippen molar-refractivity contribution in [1.29, 1.82) is 0 Å². The number of anilines is 1. The maximum Gasteiger partial charge on any atom is 0.311 e. The molecule has 0 aliphatic carbocycles. The number of benzene rings is 1. The molecule has 3 heteroatoms. The third-order valence-electron chi connectivity index (χ3n) is 2.26. The molecule has 1 atom stereocenters. The average molecular weight is 193 g/mol. The maximum absolute atomic E-state index is 11.0. The van der Waals surface area contributed by atoms with Crippen LogP contribution in [0, 0.1) is 5.92 Å². The zero-order valence-corrected chi connectivity index (χ0v) is 8.40. The lowest BCUT2D eigenvalue weighted by Gasteiger charge is -2.18. The molecule has 3 nitrogen and oxygen atoms in total. The van der Waals surface area contributed by atoms with E-state index in [1.54, 1.807) is 18.2 Å². The van der Waals surface area contributed by atoms with Gasteiger partial charge in [0.05, 0.1) is 5.92 Å². The van der Waals surface area contributed by atoms with Crippen LogP contribution in [0.4, 0.5) is 5.69 Å². The summed E-state index contributed by atoms with van der Waals surface area (Å²) in [5.41, 5.74) is 6.99. The summed E-state index contributed by atoms with van der Waals surface area (Å²) in [5.74, 6) is -1.30. The van der Waals surface area contributed by atoms with Gasteiger partial charge in [0.25, 0.3) is 0 Å². The molecule has 0 aromatic heterocycles. The van der Waals surface area contributed by atoms with Gasteiger partial charge in [-0.15, -0.1) is 0 Å². The number of para-hydroxylation sites is 1. The molecule has 14 heavy (non-hydrogen) atoms. The Morgan fingerprint density at radius 2 is 1.93 bits per heavy atom. The third-order valence-corrected chi connectivity index (χ3v) is 2.26. The normalized spacial score (nSPS) is 12.8. The van der Waals surface area contributed by atoms with Gasteiger partial charge in [-0.2, -0.15) is 0 Å². The van der Waals surface area contributed by atoms with Gasteiger partial charge in [-0.25, -0.2) is 0 Å². The first kappa shape index (κ1) is 10.6. The zero-order valence-electron chi connectivity index (χ0n) is 8.40. The van der Waals surface area contributed by atoms with Gasteiger partial charge in [-0.3, -0.25) is 4.79 Å². The molecule has 3 N–H and O–H groups in total. The molecular formula is C11H15NO2. The molecule has 0 fully saturated rings. The van der Waals surface area contributed by atoms with E-state index in [0.29, 0.717) is 11.3 Å². The lowest BCUT2D eigenvalue weighted by molar-refractivity contribution is -0.139. The Labute approximate surface area is 83.6 Å². The molecule has 1 rings (SSSR count). The van der Waals surface area contributed by atoms with E-state index >= 15 is 0 Å². The largest absolute Gasteiger partial charge is 0.481 e. The Hall–Kier alpha value is -1.51. The Bertz CT molecular complexity index is 334. The summed E-state index contributed by atoms with van der Waals surface area (Å²) in [6.45, 7) is 3.76. The zero-order chi connectivity index (χ0) is 10.7. The van der Waals surface area contributed by atoms with Crippen molar-refractivity contribution < 1.29 is 9.90 Å². The lowest BCUT2D eigenvalue weighted by atomic mass is 9.87. The van der Waals surface area contributed by atoms with E-state index in [9.17, 15) is 4.79 Å². The van der Waals surface area contributed by atoms with E-state index < -0.39 is 11.9 Å². The van der Waals surface area contributed by atoms with E-state index in [-0.39, 0.29) is 5.92 Å². The van der Waals surface area contributed by atoms with Crippen molar-refractivity contribution in [1.82, 2.24) is 0 Å². The molecule has 0 bridgehead atoms. The van der Waals surface area contributed by atoms with Crippen LogP contribution in [0.25, 0.3) is 0 Å². The topological polar surface area (TPSA) is 63.3 Å². The number of nitrogen functional groups attached to an aromatic ring is 1. The second kappa shape index (κ2) is 4.13. The molecule has 0 spiro atoms. The fourth-order valence-electron chi connectivity index (χ4n) is 1.57. The molecule has 0 aliphatic rings. The fraction of sp³-hybridized carbons (Fsp3) is 0.364. The van der Waals surface area contributed by atoms with Gasteiger partial charge < -0.3 is 10.8 Å². The summed E-state index contributed by atoms with van der Waals surface area (Å²) >= 11 is 0. The number of aliphatic carboxylic acids is 1. The fourth-order valence-corrected chi connectivity index (χ4v) is 1.57. The predicted octanol–water partition coefficient (Wildman–Crippen LogP) is 2.09. The van der Waals surface area contributed by atoms with Gasteiger partial charge in [0.1, 0.15) is 0 Å². The van der Waals surface area contributed by atoms with Gasteiger partial charge >= 0.3 is 5.97 Å². The lowest BCUT2D eigenvalue weighted by Crippen LogP contribution is -2.18. The number of hydrogen-bond donors (Lipinski definition) is 2. The Kier molecular flexibility index (Phi) is 3.12. The smallest absolute Gasteiger partial charge is 0.311 e. The van der Waals surface area contributed by atoms with Crippen LogP contribution in [0.5, 0.6) is 0 Å². The first-order chi connectivity index (χ1) is 6.54. The van der Waals surface area contributed by atoms with Crippen LogP contribution < -0.4 is 5.73 Å². The van der Waals surface area contributed by atoms with Crippen LogP contribution >= 0.6 is 0 Å². The minimum absolute atomic E-state index is 0.0391. The summed E-state index contributed by atoms with van der Waals surface area (Å²) in [5, 5.41) is 9.07. The molecule has 1 aromatic carbocycles. The second-order valence-electron chi connectivity index (χ2n) is 3.69. The van der Waals surface area contributed by atoms with Crippen molar-refractivity contribution in [2.24, 2.45) is 5.92 Å². The summed E-state index contributed by atoms with van der Waals surface area (Å²) in [7, 11) is 0. The molecule has 0 saturated carbocycles. The molecule has 1 aromatic rings. The number of carboxylic acids is 1. The summed E-state index contributed by atoms with van der Waals surface area (Å²) in [6, 6.07) is 7.11. The number of carbonyl (C=O) groups is 1. The van der Waals surface area contributed by atoms with Gasteiger partial charge in [0.15, 0.2) is 0 Å². The third kappa shape index (κ3) is 2.05. The summed E-state index contributed by atoms with van der Waals surface area (Å²) < 4.78 is 0. The van der Waals surface area contributed by atoms with Crippen molar-refractivity contribution in [3.63, 3.8) is 0 Å². The Balaban J connectivity index is 3.12. The Morgan fingerprint density at radius 3 is 2.36 bits per heavy atom. The molecule has 76 valence electrons. The SMILES string of the molecule is CC(C)C(C(=O)O)c1ccccc1N. The molecular weight excluding hydrogens is 178 g/mol. The van der Waals surface area contributed by atoms with E-state index in [2.05, 4.69) is 0 Å². The van der Waals surface area contributed by atoms with E-state index in [0.717, 1.165) is 0 Å². The van der Waals surface area contributed by atoms with Crippen molar-refractivity contribution in [3.8, 4) is 0 Å². The highest BCUT2D eigenvalue weighted by Crippen LogP contribution is 2.28. The van der Waals surface area contributed by atoms with Crippen molar-refractivity contribution in [2.45, 2.75) is 19.8 Å². The van der Waals surface area contributed by atoms with Crippen molar-refractivity contribution >= 4 is 11.7 Å². The number of rotatable bonds is 3. The molecule has 0 amide bonds. The molecule has 0 radical (unpaired) electrons. The minimum Gasteiger partial charge on any atom is -0.481 e.